The van der Waals surface area contributed by atoms with Crippen molar-refractivity contribution in [2.24, 2.45) is 11.8 Å². The van der Waals surface area contributed by atoms with Crippen LogP contribution in [0.25, 0.3) is 0 Å². The third-order valence-corrected chi connectivity index (χ3v) is 7.86. The molecule has 6 nitrogen and oxygen atoms in total. The van der Waals surface area contributed by atoms with Crippen LogP contribution in [0.15, 0.2) is 107 Å². The molecule has 0 aromatic heterocycles. The van der Waals surface area contributed by atoms with Gasteiger partial charge in [0.2, 0.25) is 11.8 Å². The average molecular weight is 571 g/mol. The van der Waals surface area contributed by atoms with Gasteiger partial charge >= 0.3 is 0 Å². The van der Waals surface area contributed by atoms with Gasteiger partial charge in [0.25, 0.3) is 0 Å². The molecule has 0 spiro atoms. The van der Waals surface area contributed by atoms with E-state index >= 15 is 0 Å². The number of benzene rings is 3. The highest BCUT2D eigenvalue weighted by Crippen LogP contribution is 2.47. The van der Waals surface area contributed by atoms with E-state index in [1.54, 1.807) is 71.8 Å². The Balaban J connectivity index is 1.43. The topological polar surface area (TPSA) is 74.8 Å². The van der Waals surface area contributed by atoms with Gasteiger partial charge in [0.05, 0.1) is 23.6 Å². The Labute approximate surface area is 226 Å². The minimum absolute atomic E-state index is 0.215. The minimum atomic E-state index is -0.972. The molecular formula is C30H20BrFN2O4. The highest BCUT2D eigenvalue weighted by atomic mass is 79.9. The summed E-state index contributed by atoms with van der Waals surface area (Å²) in [5.74, 6) is -3.87. The highest BCUT2D eigenvalue weighted by molar-refractivity contribution is 9.10. The molecule has 3 aromatic rings. The van der Waals surface area contributed by atoms with Crippen molar-refractivity contribution < 1.29 is 23.6 Å². The summed E-state index contributed by atoms with van der Waals surface area (Å²) in [5.41, 5.74) is 1.53. The van der Waals surface area contributed by atoms with E-state index < -0.39 is 41.6 Å². The fourth-order valence-corrected chi connectivity index (χ4v) is 5.85. The summed E-state index contributed by atoms with van der Waals surface area (Å²) >= 11 is 3.37. The molecule has 2 fully saturated rings. The standard InChI is InChI=1S/C30H20BrFN2O4/c31-20-8-6-18(7-9-20)28(36)26-25-24(29(37)34(30(25)38)22-12-10-21(32)11-13-22)23-16-19(14-15-33(23)26)27(35)17-4-2-1-3-5-17/h1-16,23-26H. The molecule has 0 N–H and O–H groups in total. The second-order valence-electron chi connectivity index (χ2n) is 9.43. The summed E-state index contributed by atoms with van der Waals surface area (Å²) in [6.07, 6.45) is 4.95. The summed E-state index contributed by atoms with van der Waals surface area (Å²) in [6.45, 7) is 0. The lowest BCUT2D eigenvalue weighted by atomic mass is 9.85. The SMILES string of the molecule is O=C(C1=CC2C3C(=O)N(c4ccc(F)cc4)C(=O)C3C(C(=O)c3ccc(Br)cc3)N2C=C1)c1ccccc1. The van der Waals surface area contributed by atoms with Gasteiger partial charge in [-0.05, 0) is 42.5 Å². The molecule has 6 rings (SSSR count). The molecule has 38 heavy (non-hydrogen) atoms. The minimum Gasteiger partial charge on any atom is -0.359 e. The number of imide groups is 1. The van der Waals surface area contributed by atoms with Crippen LogP contribution in [0.2, 0.25) is 0 Å². The first-order chi connectivity index (χ1) is 18.3. The molecule has 8 heteroatoms. The number of amides is 2. The number of anilines is 1. The summed E-state index contributed by atoms with van der Waals surface area (Å²) in [4.78, 5) is 57.3. The predicted molar refractivity (Wildman–Crippen MR) is 142 cm³/mol. The fourth-order valence-electron chi connectivity index (χ4n) is 5.58. The van der Waals surface area contributed by atoms with E-state index in [9.17, 15) is 23.6 Å². The van der Waals surface area contributed by atoms with Gasteiger partial charge in [-0.25, -0.2) is 9.29 Å². The molecule has 3 heterocycles. The van der Waals surface area contributed by atoms with E-state index in [2.05, 4.69) is 15.9 Å². The van der Waals surface area contributed by atoms with Crippen molar-refractivity contribution in [3.63, 3.8) is 0 Å². The van der Waals surface area contributed by atoms with E-state index in [1.807, 2.05) is 6.07 Å². The second-order valence-corrected chi connectivity index (χ2v) is 10.3. The maximum atomic E-state index is 13.8. The van der Waals surface area contributed by atoms with Crippen LogP contribution in [-0.2, 0) is 9.59 Å². The maximum Gasteiger partial charge on any atom is 0.240 e. The number of hydrogen-bond acceptors (Lipinski definition) is 5. The highest BCUT2D eigenvalue weighted by Gasteiger charge is 2.63. The molecule has 2 saturated heterocycles. The molecular weight excluding hydrogens is 551 g/mol. The molecule has 188 valence electrons. The maximum absolute atomic E-state index is 13.8. The van der Waals surface area contributed by atoms with Crippen LogP contribution in [0.4, 0.5) is 10.1 Å². The van der Waals surface area contributed by atoms with Gasteiger partial charge in [0.1, 0.15) is 11.9 Å². The van der Waals surface area contributed by atoms with E-state index in [0.717, 1.165) is 9.37 Å². The lowest BCUT2D eigenvalue weighted by molar-refractivity contribution is -0.123. The van der Waals surface area contributed by atoms with E-state index in [1.165, 1.54) is 24.3 Å². The number of rotatable bonds is 5. The molecule has 2 amide bonds. The van der Waals surface area contributed by atoms with Crippen LogP contribution < -0.4 is 4.90 Å². The summed E-state index contributed by atoms with van der Waals surface area (Å²) in [5, 5.41) is 0. The number of fused-ring (bicyclic) bond motifs is 3. The zero-order chi connectivity index (χ0) is 26.6. The molecule has 0 radical (unpaired) electrons. The van der Waals surface area contributed by atoms with Crippen molar-refractivity contribution in [3.05, 3.63) is 124 Å². The first-order valence-electron chi connectivity index (χ1n) is 12.1. The lowest BCUT2D eigenvalue weighted by Gasteiger charge is -2.32. The van der Waals surface area contributed by atoms with E-state index in [4.69, 9.17) is 0 Å². The quantitative estimate of drug-likeness (QED) is 0.320. The Bertz CT molecular complexity index is 1530. The molecule has 3 aliphatic heterocycles. The zero-order valence-corrected chi connectivity index (χ0v) is 21.4. The second kappa shape index (κ2) is 9.29. The number of halogens is 2. The van der Waals surface area contributed by atoms with Crippen LogP contribution in [0.1, 0.15) is 20.7 Å². The zero-order valence-electron chi connectivity index (χ0n) is 19.8. The third-order valence-electron chi connectivity index (χ3n) is 7.33. The van der Waals surface area contributed by atoms with E-state index in [-0.39, 0.29) is 17.3 Å². The molecule has 0 saturated carbocycles. The monoisotopic (exact) mass is 570 g/mol. The van der Waals surface area contributed by atoms with Crippen LogP contribution in [0.5, 0.6) is 0 Å². The van der Waals surface area contributed by atoms with Crippen molar-refractivity contribution in [1.82, 2.24) is 4.90 Å². The fraction of sp³-hybridized carbons (Fsp3) is 0.133. The summed E-state index contributed by atoms with van der Waals surface area (Å²) in [7, 11) is 0. The number of hydrogen-bond donors (Lipinski definition) is 0. The Hall–Kier alpha value is -4.17. The Kier molecular flexibility index (Phi) is 5.91. The van der Waals surface area contributed by atoms with Crippen molar-refractivity contribution in [3.8, 4) is 0 Å². The average Bonchev–Trinajstić information content (AvgIpc) is 3.41. The molecule has 4 unspecified atom stereocenters. The molecule has 4 atom stereocenters. The van der Waals surface area contributed by atoms with Crippen LogP contribution in [0.3, 0.4) is 0 Å². The van der Waals surface area contributed by atoms with Crippen molar-refractivity contribution >= 4 is 45.0 Å². The van der Waals surface area contributed by atoms with Gasteiger partial charge < -0.3 is 4.90 Å². The molecule has 0 bridgehead atoms. The number of carbonyl (C=O) groups is 4. The van der Waals surface area contributed by atoms with Crippen LogP contribution in [0, 0.1) is 17.7 Å². The molecule has 0 aliphatic carbocycles. The number of Topliss-reactive ketones (excluding diaryl/α,β-unsaturated/α-hetero) is 2. The first kappa shape index (κ1) is 24.2. The van der Waals surface area contributed by atoms with Gasteiger partial charge in [0, 0.05) is 27.4 Å². The Morgan fingerprint density at radius 1 is 0.789 bits per heavy atom. The van der Waals surface area contributed by atoms with Crippen LogP contribution in [-0.4, -0.2) is 40.4 Å². The predicted octanol–water partition coefficient (Wildman–Crippen LogP) is 4.97. The number of ketones is 2. The van der Waals surface area contributed by atoms with Gasteiger partial charge in [-0.3, -0.25) is 19.2 Å². The van der Waals surface area contributed by atoms with Crippen molar-refractivity contribution in [2.45, 2.75) is 12.1 Å². The van der Waals surface area contributed by atoms with Gasteiger partial charge in [-0.1, -0.05) is 64.5 Å². The van der Waals surface area contributed by atoms with Gasteiger partial charge in [-0.2, -0.15) is 0 Å². The number of nitrogens with zero attached hydrogens (tertiary/aromatic N) is 2. The molecule has 3 aromatic carbocycles. The van der Waals surface area contributed by atoms with Crippen molar-refractivity contribution in [1.29, 1.82) is 0 Å². The Morgan fingerprint density at radius 2 is 1.45 bits per heavy atom. The number of carbonyl (C=O) groups excluding carboxylic acids is 4. The first-order valence-corrected chi connectivity index (χ1v) is 12.8. The summed E-state index contributed by atoms with van der Waals surface area (Å²) in [6, 6.07) is 19.1. The van der Waals surface area contributed by atoms with Gasteiger partial charge in [-0.15, -0.1) is 0 Å². The van der Waals surface area contributed by atoms with Crippen molar-refractivity contribution in [2.75, 3.05) is 4.90 Å². The van der Waals surface area contributed by atoms with E-state index in [0.29, 0.717) is 16.7 Å². The smallest absolute Gasteiger partial charge is 0.240 e. The lowest BCUT2D eigenvalue weighted by Crippen LogP contribution is -2.46. The normalized spacial score (nSPS) is 23.8. The summed E-state index contributed by atoms with van der Waals surface area (Å²) < 4.78 is 14.4. The number of allylic oxidation sites excluding steroid dienone is 2. The molecule has 3 aliphatic rings. The van der Waals surface area contributed by atoms with Gasteiger partial charge in [0.15, 0.2) is 11.6 Å². The third kappa shape index (κ3) is 3.83. The van der Waals surface area contributed by atoms with Crippen LogP contribution >= 0.6 is 15.9 Å². The largest absolute Gasteiger partial charge is 0.359 e. The Morgan fingerprint density at radius 3 is 2.13 bits per heavy atom.